The molecule has 0 unspecified atom stereocenters. The number of nitrogens with zero attached hydrogens (tertiary/aromatic N) is 2. The fourth-order valence-corrected chi connectivity index (χ4v) is 2.79. The number of benzene rings is 1. The van der Waals surface area contributed by atoms with Crippen LogP contribution in [0.4, 0.5) is 0 Å². The highest BCUT2D eigenvalue weighted by Gasteiger charge is 2.17. The molecule has 0 aliphatic rings. The van der Waals surface area contributed by atoms with Crippen molar-refractivity contribution in [2.24, 2.45) is 0 Å². The fourth-order valence-electron chi connectivity index (χ4n) is 1.85. The van der Waals surface area contributed by atoms with Crippen molar-refractivity contribution in [1.29, 1.82) is 0 Å². The summed E-state index contributed by atoms with van der Waals surface area (Å²) in [6.07, 6.45) is 2.87. The molecule has 114 valence electrons. The van der Waals surface area contributed by atoms with Gasteiger partial charge in [0, 0.05) is 24.3 Å². The minimum Gasteiger partial charge on any atom is -0.496 e. The smallest absolute Gasteiger partial charge is 0.243 e. The van der Waals surface area contributed by atoms with Crippen LogP contribution in [0.2, 0.25) is 0 Å². The average molecular weight is 309 g/mol. The van der Waals surface area contributed by atoms with Gasteiger partial charge in [-0.25, -0.2) is 13.1 Å². The topological polar surface area (TPSA) is 73.2 Å². The number of para-hydroxylation sites is 1. The first-order chi connectivity index (χ1) is 9.94. The highest BCUT2D eigenvalue weighted by molar-refractivity contribution is 7.89. The average Bonchev–Trinajstić information content (AvgIpc) is 2.96. The monoisotopic (exact) mass is 309 g/mol. The first-order valence-corrected chi connectivity index (χ1v) is 8.08. The van der Waals surface area contributed by atoms with Gasteiger partial charge in [0.1, 0.15) is 10.6 Å². The molecule has 2 aromatic rings. The number of nitrogens with one attached hydrogen (secondary N) is 1. The standard InChI is InChI=1S/C14H19N3O3S/c1-11(2)17-10-13(9-15-17)21(18,19)16-8-12-6-4-5-7-14(12)20-3/h4-7,9-11,16H,8H2,1-3H3. The summed E-state index contributed by atoms with van der Waals surface area (Å²) >= 11 is 0. The molecule has 0 atom stereocenters. The molecule has 1 aromatic carbocycles. The van der Waals surface area contributed by atoms with E-state index >= 15 is 0 Å². The number of rotatable bonds is 6. The number of aromatic nitrogens is 2. The van der Waals surface area contributed by atoms with Crippen molar-refractivity contribution in [3.05, 3.63) is 42.2 Å². The Morgan fingerprint density at radius 1 is 1.33 bits per heavy atom. The second kappa shape index (κ2) is 6.28. The molecule has 0 radical (unpaired) electrons. The summed E-state index contributed by atoms with van der Waals surface area (Å²) in [5.74, 6) is 0.651. The van der Waals surface area contributed by atoms with Crippen molar-refractivity contribution in [3.63, 3.8) is 0 Å². The second-order valence-corrected chi connectivity index (χ2v) is 6.65. The van der Waals surface area contributed by atoms with E-state index < -0.39 is 10.0 Å². The Balaban J connectivity index is 2.14. The second-order valence-electron chi connectivity index (χ2n) is 4.89. The Morgan fingerprint density at radius 2 is 2.05 bits per heavy atom. The molecule has 0 bridgehead atoms. The van der Waals surface area contributed by atoms with Gasteiger partial charge >= 0.3 is 0 Å². The number of ether oxygens (including phenoxy) is 1. The predicted molar refractivity (Wildman–Crippen MR) is 79.6 cm³/mol. The molecule has 21 heavy (non-hydrogen) atoms. The summed E-state index contributed by atoms with van der Waals surface area (Å²) < 4.78 is 33.8. The lowest BCUT2D eigenvalue weighted by molar-refractivity contribution is 0.409. The summed E-state index contributed by atoms with van der Waals surface area (Å²) in [6.45, 7) is 4.04. The molecule has 6 nitrogen and oxygen atoms in total. The highest BCUT2D eigenvalue weighted by atomic mass is 32.2. The van der Waals surface area contributed by atoms with Crippen LogP contribution in [-0.4, -0.2) is 25.3 Å². The van der Waals surface area contributed by atoms with Crippen molar-refractivity contribution in [2.75, 3.05) is 7.11 Å². The summed E-state index contributed by atoms with van der Waals surface area (Å²) in [6, 6.07) is 7.40. The third-order valence-corrected chi connectivity index (χ3v) is 4.42. The largest absolute Gasteiger partial charge is 0.496 e. The van der Waals surface area contributed by atoms with Crippen LogP contribution < -0.4 is 9.46 Å². The number of sulfonamides is 1. The van der Waals surface area contributed by atoms with E-state index in [-0.39, 0.29) is 17.5 Å². The Labute approximate surface area is 124 Å². The van der Waals surface area contributed by atoms with E-state index in [0.29, 0.717) is 5.75 Å². The third kappa shape index (κ3) is 3.62. The molecular weight excluding hydrogens is 290 g/mol. The van der Waals surface area contributed by atoms with E-state index in [2.05, 4.69) is 9.82 Å². The zero-order chi connectivity index (χ0) is 15.5. The fraction of sp³-hybridized carbons (Fsp3) is 0.357. The first kappa shape index (κ1) is 15.5. The molecule has 0 fully saturated rings. The summed E-state index contributed by atoms with van der Waals surface area (Å²) in [7, 11) is -2.03. The molecule has 0 saturated heterocycles. The molecule has 0 saturated carbocycles. The SMILES string of the molecule is COc1ccccc1CNS(=O)(=O)c1cnn(C(C)C)c1. The minimum atomic E-state index is -3.59. The van der Waals surface area contributed by atoms with E-state index in [1.54, 1.807) is 17.9 Å². The highest BCUT2D eigenvalue weighted by Crippen LogP contribution is 2.18. The summed E-state index contributed by atoms with van der Waals surface area (Å²) in [5, 5.41) is 4.04. The number of hydrogen-bond acceptors (Lipinski definition) is 4. The van der Waals surface area contributed by atoms with Crippen LogP contribution in [0.5, 0.6) is 5.75 Å². The zero-order valence-corrected chi connectivity index (χ0v) is 13.1. The van der Waals surface area contributed by atoms with Gasteiger partial charge in [0.15, 0.2) is 0 Å². The van der Waals surface area contributed by atoms with Crippen LogP contribution in [0.1, 0.15) is 25.5 Å². The lowest BCUT2D eigenvalue weighted by Crippen LogP contribution is -2.23. The Kier molecular flexibility index (Phi) is 4.64. The molecule has 1 heterocycles. The van der Waals surface area contributed by atoms with Gasteiger partial charge in [-0.3, -0.25) is 4.68 Å². The van der Waals surface area contributed by atoms with Crippen molar-refractivity contribution >= 4 is 10.0 Å². The van der Waals surface area contributed by atoms with Crippen LogP contribution in [0.15, 0.2) is 41.6 Å². The normalized spacial score (nSPS) is 11.8. The molecular formula is C14H19N3O3S. The van der Waals surface area contributed by atoms with Crippen LogP contribution in [-0.2, 0) is 16.6 Å². The minimum absolute atomic E-state index is 0.114. The van der Waals surface area contributed by atoms with Crippen LogP contribution in [0.3, 0.4) is 0 Å². The van der Waals surface area contributed by atoms with Crippen molar-refractivity contribution in [2.45, 2.75) is 31.3 Å². The van der Waals surface area contributed by atoms with Crippen molar-refractivity contribution in [1.82, 2.24) is 14.5 Å². The Hall–Kier alpha value is -1.86. The zero-order valence-electron chi connectivity index (χ0n) is 12.3. The van der Waals surface area contributed by atoms with Crippen LogP contribution in [0.25, 0.3) is 0 Å². The molecule has 1 N–H and O–H groups in total. The first-order valence-electron chi connectivity index (χ1n) is 6.60. The molecule has 2 rings (SSSR count). The van der Waals surface area contributed by atoms with Crippen LogP contribution >= 0.6 is 0 Å². The number of hydrogen-bond donors (Lipinski definition) is 1. The van der Waals surface area contributed by atoms with Gasteiger partial charge in [0.25, 0.3) is 0 Å². The Bertz CT molecular complexity index is 708. The summed E-state index contributed by atoms with van der Waals surface area (Å²) in [4.78, 5) is 0.158. The van der Waals surface area contributed by atoms with Gasteiger partial charge in [-0.15, -0.1) is 0 Å². The predicted octanol–water partition coefficient (Wildman–Crippen LogP) is 1.95. The molecule has 7 heteroatoms. The van der Waals surface area contributed by atoms with Crippen molar-refractivity contribution < 1.29 is 13.2 Å². The molecule has 0 spiro atoms. The van der Waals surface area contributed by atoms with E-state index in [1.807, 2.05) is 32.0 Å². The van der Waals surface area contributed by atoms with Gasteiger partial charge in [-0.1, -0.05) is 18.2 Å². The third-order valence-electron chi connectivity index (χ3n) is 3.06. The van der Waals surface area contributed by atoms with Gasteiger partial charge in [-0.05, 0) is 19.9 Å². The molecule has 0 amide bonds. The maximum absolute atomic E-state index is 12.2. The maximum atomic E-state index is 12.2. The van der Waals surface area contributed by atoms with Gasteiger partial charge in [0.05, 0.1) is 13.3 Å². The van der Waals surface area contributed by atoms with Gasteiger partial charge in [0.2, 0.25) is 10.0 Å². The van der Waals surface area contributed by atoms with E-state index in [4.69, 9.17) is 4.74 Å². The maximum Gasteiger partial charge on any atom is 0.243 e. The van der Waals surface area contributed by atoms with Gasteiger partial charge in [-0.2, -0.15) is 5.10 Å². The lowest BCUT2D eigenvalue weighted by Gasteiger charge is -2.09. The molecule has 0 aliphatic heterocycles. The van der Waals surface area contributed by atoms with Gasteiger partial charge < -0.3 is 4.74 Å². The van der Waals surface area contributed by atoms with Crippen LogP contribution in [0, 0.1) is 0 Å². The Morgan fingerprint density at radius 3 is 2.67 bits per heavy atom. The lowest BCUT2D eigenvalue weighted by atomic mass is 10.2. The van der Waals surface area contributed by atoms with E-state index in [1.165, 1.54) is 12.4 Å². The molecule has 0 aliphatic carbocycles. The summed E-state index contributed by atoms with van der Waals surface area (Å²) in [5.41, 5.74) is 0.778. The van der Waals surface area contributed by atoms with Crippen molar-refractivity contribution in [3.8, 4) is 5.75 Å². The van der Waals surface area contributed by atoms with E-state index in [9.17, 15) is 8.42 Å². The van der Waals surface area contributed by atoms with E-state index in [0.717, 1.165) is 5.56 Å². The molecule has 1 aromatic heterocycles. The quantitative estimate of drug-likeness (QED) is 0.885. The number of methoxy groups -OCH3 is 1.